The van der Waals surface area contributed by atoms with Crippen LogP contribution in [0.3, 0.4) is 0 Å². The summed E-state index contributed by atoms with van der Waals surface area (Å²) in [4.78, 5) is 12.0. The van der Waals surface area contributed by atoms with E-state index in [9.17, 15) is 13.2 Å². The van der Waals surface area contributed by atoms with Gasteiger partial charge in [-0.05, 0) is 30.3 Å². The zero-order chi connectivity index (χ0) is 19.2. The number of hydrogen-bond acceptors (Lipinski definition) is 3. The third-order valence-electron chi connectivity index (χ3n) is 3.45. The number of sulfonamides is 1. The Morgan fingerprint density at radius 1 is 1.27 bits per heavy atom. The summed E-state index contributed by atoms with van der Waals surface area (Å²) in [5, 5.41) is 2.79. The minimum Gasteiger partial charge on any atom is -0.341 e. The third-order valence-corrected chi connectivity index (χ3v) is 5.55. The number of terminal acetylenes is 1. The molecule has 0 bridgehead atoms. The predicted octanol–water partition coefficient (Wildman–Crippen LogP) is 3.08. The highest BCUT2D eigenvalue weighted by molar-refractivity contribution is 7.92. The lowest BCUT2D eigenvalue weighted by atomic mass is 10.2. The molecule has 0 heterocycles. The zero-order valence-electron chi connectivity index (χ0n) is 13.9. The van der Waals surface area contributed by atoms with Crippen LogP contribution in [0.4, 0.5) is 5.69 Å². The number of para-hydroxylation sites is 1. The lowest BCUT2D eigenvalue weighted by Crippen LogP contribution is -2.32. The van der Waals surface area contributed by atoms with E-state index in [-0.39, 0.29) is 23.5 Å². The van der Waals surface area contributed by atoms with Crippen molar-refractivity contribution in [2.45, 2.75) is 4.90 Å². The number of rotatable bonds is 7. The van der Waals surface area contributed by atoms with Crippen molar-refractivity contribution >= 4 is 33.2 Å². The number of carbonyl (C=O) groups is 1. The molecule has 0 saturated carbocycles. The first-order valence-corrected chi connectivity index (χ1v) is 9.43. The van der Waals surface area contributed by atoms with Crippen molar-refractivity contribution in [3.05, 3.63) is 71.8 Å². The highest BCUT2D eigenvalue weighted by Crippen LogP contribution is 2.30. The van der Waals surface area contributed by atoms with E-state index in [4.69, 9.17) is 18.0 Å². The molecule has 0 aromatic heterocycles. The van der Waals surface area contributed by atoms with Crippen molar-refractivity contribution < 1.29 is 13.2 Å². The standard InChI is InChI=1S/C19H17ClN2O3S/c1-3-12-21-19(23)15-8-7-9-16(14-15)26(24,25)22(13-4-2)18-11-6-5-10-17(18)20/h1,4-11,14H,2,12-13H2,(H,21,23). The fourth-order valence-corrected chi connectivity index (χ4v) is 4.04. The maximum absolute atomic E-state index is 13.1. The van der Waals surface area contributed by atoms with Gasteiger partial charge < -0.3 is 5.32 Å². The van der Waals surface area contributed by atoms with Crippen molar-refractivity contribution in [2.75, 3.05) is 17.4 Å². The van der Waals surface area contributed by atoms with E-state index in [0.29, 0.717) is 10.7 Å². The van der Waals surface area contributed by atoms with E-state index in [2.05, 4.69) is 17.8 Å². The molecular weight excluding hydrogens is 372 g/mol. The number of anilines is 1. The van der Waals surface area contributed by atoms with Crippen LogP contribution in [0.5, 0.6) is 0 Å². The molecule has 5 nitrogen and oxygen atoms in total. The average Bonchev–Trinajstić information content (AvgIpc) is 2.65. The van der Waals surface area contributed by atoms with Gasteiger partial charge in [-0.3, -0.25) is 9.10 Å². The van der Waals surface area contributed by atoms with Gasteiger partial charge in [0.25, 0.3) is 15.9 Å². The minimum atomic E-state index is -3.96. The molecule has 0 aliphatic carbocycles. The smallest absolute Gasteiger partial charge is 0.264 e. The number of hydrogen-bond donors (Lipinski definition) is 1. The van der Waals surface area contributed by atoms with Crippen LogP contribution < -0.4 is 9.62 Å². The number of carbonyl (C=O) groups excluding carboxylic acids is 1. The van der Waals surface area contributed by atoms with Gasteiger partial charge in [0.1, 0.15) is 0 Å². The molecule has 0 saturated heterocycles. The first kappa shape index (κ1) is 19.6. The number of benzene rings is 2. The first-order chi connectivity index (χ1) is 12.4. The minimum absolute atomic E-state index is 0.0274. The molecule has 0 unspecified atom stereocenters. The fourth-order valence-electron chi connectivity index (χ4n) is 2.26. The van der Waals surface area contributed by atoms with Crippen LogP contribution in [0.25, 0.3) is 0 Å². The second kappa shape index (κ2) is 8.56. The summed E-state index contributed by atoms with van der Waals surface area (Å²) in [6, 6.07) is 12.3. The SMILES string of the molecule is C#CCNC(=O)c1cccc(S(=O)(=O)N(CC=C)c2ccccc2Cl)c1. The number of nitrogens with one attached hydrogen (secondary N) is 1. The van der Waals surface area contributed by atoms with Gasteiger partial charge in [-0.15, -0.1) is 13.0 Å². The van der Waals surface area contributed by atoms with Crippen LogP contribution in [-0.4, -0.2) is 27.4 Å². The van der Waals surface area contributed by atoms with Gasteiger partial charge in [0, 0.05) is 5.56 Å². The Morgan fingerprint density at radius 3 is 2.65 bits per heavy atom. The molecule has 2 aromatic carbocycles. The molecule has 134 valence electrons. The van der Waals surface area contributed by atoms with Crippen LogP contribution in [0.1, 0.15) is 10.4 Å². The molecule has 26 heavy (non-hydrogen) atoms. The molecule has 0 fully saturated rings. The normalized spacial score (nSPS) is 10.6. The zero-order valence-corrected chi connectivity index (χ0v) is 15.4. The summed E-state index contributed by atoms with van der Waals surface area (Å²) in [7, 11) is -3.96. The molecule has 7 heteroatoms. The van der Waals surface area contributed by atoms with E-state index in [1.165, 1.54) is 30.3 Å². The quantitative estimate of drug-likeness (QED) is 0.585. The number of halogens is 1. The average molecular weight is 389 g/mol. The Hall–Kier alpha value is -2.75. The molecule has 0 aliphatic rings. The molecule has 0 spiro atoms. The van der Waals surface area contributed by atoms with Gasteiger partial charge >= 0.3 is 0 Å². The Morgan fingerprint density at radius 2 is 2.00 bits per heavy atom. The summed E-state index contributed by atoms with van der Waals surface area (Å²) in [6.07, 6.45) is 6.58. The van der Waals surface area contributed by atoms with Crippen molar-refractivity contribution in [1.82, 2.24) is 5.32 Å². The maximum atomic E-state index is 13.1. The first-order valence-electron chi connectivity index (χ1n) is 7.61. The second-order valence-electron chi connectivity index (χ2n) is 5.19. The Bertz CT molecular complexity index is 965. The highest BCUT2D eigenvalue weighted by atomic mass is 35.5. The van der Waals surface area contributed by atoms with E-state index >= 15 is 0 Å². The molecule has 0 aliphatic heterocycles. The number of amides is 1. The Labute approximate surface area is 158 Å². The molecular formula is C19H17ClN2O3S. The second-order valence-corrected chi connectivity index (χ2v) is 7.46. The predicted molar refractivity (Wildman–Crippen MR) is 104 cm³/mol. The Kier molecular flexibility index (Phi) is 6.45. The molecule has 2 rings (SSSR count). The van der Waals surface area contributed by atoms with Crippen LogP contribution in [0.2, 0.25) is 5.02 Å². The lowest BCUT2D eigenvalue weighted by Gasteiger charge is -2.24. The fraction of sp³-hybridized carbons (Fsp3) is 0.105. The van der Waals surface area contributed by atoms with Gasteiger partial charge in [-0.2, -0.15) is 0 Å². The summed E-state index contributed by atoms with van der Waals surface area (Å²) >= 11 is 6.16. The van der Waals surface area contributed by atoms with E-state index < -0.39 is 15.9 Å². The van der Waals surface area contributed by atoms with Crippen molar-refractivity contribution in [3.8, 4) is 12.3 Å². The highest BCUT2D eigenvalue weighted by Gasteiger charge is 2.26. The topological polar surface area (TPSA) is 66.5 Å². The third kappa shape index (κ3) is 4.26. The molecule has 2 aromatic rings. The van der Waals surface area contributed by atoms with Crippen LogP contribution in [-0.2, 0) is 10.0 Å². The lowest BCUT2D eigenvalue weighted by molar-refractivity contribution is 0.0958. The van der Waals surface area contributed by atoms with Gasteiger partial charge in [0.2, 0.25) is 0 Å². The van der Waals surface area contributed by atoms with Gasteiger partial charge in [0.15, 0.2) is 0 Å². The van der Waals surface area contributed by atoms with Crippen LogP contribution in [0.15, 0.2) is 66.1 Å². The van der Waals surface area contributed by atoms with E-state index in [0.717, 1.165) is 4.31 Å². The van der Waals surface area contributed by atoms with E-state index in [1.54, 1.807) is 24.3 Å². The van der Waals surface area contributed by atoms with E-state index in [1.807, 2.05) is 0 Å². The number of nitrogens with zero attached hydrogens (tertiary/aromatic N) is 1. The Balaban J connectivity index is 2.47. The molecule has 1 amide bonds. The maximum Gasteiger partial charge on any atom is 0.264 e. The molecule has 0 radical (unpaired) electrons. The van der Waals surface area contributed by atoms with Crippen LogP contribution in [0, 0.1) is 12.3 Å². The summed E-state index contributed by atoms with van der Waals surface area (Å²) in [5.74, 6) is 1.84. The summed E-state index contributed by atoms with van der Waals surface area (Å²) < 4.78 is 27.4. The van der Waals surface area contributed by atoms with Gasteiger partial charge in [-0.25, -0.2) is 8.42 Å². The van der Waals surface area contributed by atoms with Crippen molar-refractivity contribution in [2.24, 2.45) is 0 Å². The molecule has 1 N–H and O–H groups in total. The van der Waals surface area contributed by atoms with Crippen LogP contribution >= 0.6 is 11.6 Å². The van der Waals surface area contributed by atoms with Gasteiger partial charge in [-0.1, -0.05) is 41.8 Å². The van der Waals surface area contributed by atoms with Crippen molar-refractivity contribution in [1.29, 1.82) is 0 Å². The largest absolute Gasteiger partial charge is 0.341 e. The van der Waals surface area contributed by atoms with Gasteiger partial charge in [0.05, 0.1) is 28.7 Å². The monoisotopic (exact) mass is 388 g/mol. The van der Waals surface area contributed by atoms with Crippen molar-refractivity contribution in [3.63, 3.8) is 0 Å². The molecule has 0 atom stereocenters. The summed E-state index contributed by atoms with van der Waals surface area (Å²) in [5.41, 5.74) is 0.523. The summed E-state index contributed by atoms with van der Waals surface area (Å²) in [6.45, 7) is 3.69.